The number of nitrogens with one attached hydrogen (secondary N) is 3. The first kappa shape index (κ1) is 19.9. The first-order valence-electron chi connectivity index (χ1n) is 8.92. The van der Waals surface area contributed by atoms with Gasteiger partial charge >= 0.3 is 0 Å². The molecule has 3 aromatic rings. The van der Waals surface area contributed by atoms with Gasteiger partial charge in [-0.1, -0.05) is 11.6 Å². The lowest BCUT2D eigenvalue weighted by molar-refractivity contribution is 0.0993. The number of anilines is 3. The Morgan fingerprint density at radius 3 is 2.57 bits per heavy atom. The summed E-state index contributed by atoms with van der Waals surface area (Å²) in [5.74, 6) is -0.473. The maximum atomic E-state index is 12.7. The van der Waals surface area contributed by atoms with Gasteiger partial charge in [0, 0.05) is 17.6 Å². The predicted octanol–water partition coefficient (Wildman–Crippen LogP) is 4.07. The summed E-state index contributed by atoms with van der Waals surface area (Å²) in [7, 11) is 0. The van der Waals surface area contributed by atoms with Gasteiger partial charge in [0.15, 0.2) is 0 Å². The maximum absolute atomic E-state index is 12.7. The van der Waals surface area contributed by atoms with Crippen LogP contribution >= 0.6 is 22.9 Å². The van der Waals surface area contributed by atoms with Gasteiger partial charge in [-0.15, -0.1) is 11.3 Å². The fourth-order valence-corrected chi connectivity index (χ4v) is 3.77. The Labute approximate surface area is 181 Å². The first-order chi connectivity index (χ1) is 14.5. The number of hydrogen-bond acceptors (Lipinski definition) is 6. The molecule has 10 heteroatoms. The summed E-state index contributed by atoms with van der Waals surface area (Å²) in [4.78, 5) is 31.3. The van der Waals surface area contributed by atoms with Crippen LogP contribution in [0, 0.1) is 5.41 Å². The van der Waals surface area contributed by atoms with E-state index in [1.807, 2.05) is 0 Å². The third-order valence-electron chi connectivity index (χ3n) is 4.32. The molecular formula is C20H16ClN5O3S. The topological polar surface area (TPSA) is 107 Å². The van der Waals surface area contributed by atoms with Crippen LogP contribution in [0.15, 0.2) is 54.0 Å². The van der Waals surface area contributed by atoms with E-state index in [0.29, 0.717) is 29.7 Å². The minimum absolute atomic E-state index is 0.107. The van der Waals surface area contributed by atoms with E-state index in [4.69, 9.17) is 21.7 Å². The third kappa shape index (κ3) is 4.27. The quantitative estimate of drug-likeness (QED) is 0.553. The molecule has 0 bridgehead atoms. The Morgan fingerprint density at radius 2 is 1.90 bits per heavy atom. The largest absolute Gasteiger partial charge is 0.463 e. The fourth-order valence-electron chi connectivity index (χ4n) is 2.87. The van der Waals surface area contributed by atoms with Gasteiger partial charge in [-0.05, 0) is 47.8 Å². The Hall–Kier alpha value is -3.43. The minimum atomic E-state index is -0.423. The Kier molecular flexibility index (Phi) is 5.64. The summed E-state index contributed by atoms with van der Waals surface area (Å²) in [6, 6.07) is 12.0. The normalized spacial score (nSPS) is 13.1. The van der Waals surface area contributed by atoms with Crippen LogP contribution in [0.3, 0.4) is 0 Å². The van der Waals surface area contributed by atoms with Crippen molar-refractivity contribution in [1.29, 1.82) is 5.41 Å². The molecule has 1 aromatic carbocycles. The SMILES string of the molecule is N=C1OCCN1c1ccc(NC(=O)c2ccsc2C(=O)Nc2ccc(Cl)cn2)cc1. The molecule has 1 aliphatic heterocycles. The fraction of sp³-hybridized carbons (Fsp3) is 0.100. The molecule has 4 rings (SSSR count). The minimum Gasteiger partial charge on any atom is -0.463 e. The molecule has 0 radical (unpaired) electrons. The van der Waals surface area contributed by atoms with E-state index in [1.54, 1.807) is 52.7 Å². The number of ether oxygens (including phenoxy) is 1. The number of amidine groups is 1. The van der Waals surface area contributed by atoms with Crippen molar-refractivity contribution in [1.82, 2.24) is 4.98 Å². The molecule has 8 nitrogen and oxygen atoms in total. The highest BCUT2D eigenvalue weighted by Crippen LogP contribution is 2.23. The lowest BCUT2D eigenvalue weighted by Crippen LogP contribution is -2.23. The van der Waals surface area contributed by atoms with E-state index in [0.717, 1.165) is 5.69 Å². The zero-order chi connectivity index (χ0) is 21.1. The van der Waals surface area contributed by atoms with Crippen molar-refractivity contribution in [2.24, 2.45) is 0 Å². The van der Waals surface area contributed by atoms with Gasteiger partial charge in [0.05, 0.1) is 17.1 Å². The van der Waals surface area contributed by atoms with Gasteiger partial charge in [-0.25, -0.2) is 4.98 Å². The van der Waals surface area contributed by atoms with E-state index in [2.05, 4.69) is 15.6 Å². The molecule has 1 fully saturated rings. The number of halogens is 1. The third-order valence-corrected chi connectivity index (χ3v) is 5.46. The Morgan fingerprint density at radius 1 is 1.10 bits per heavy atom. The van der Waals surface area contributed by atoms with Crippen molar-refractivity contribution < 1.29 is 14.3 Å². The summed E-state index contributed by atoms with van der Waals surface area (Å²) in [6.07, 6.45) is 1.43. The summed E-state index contributed by atoms with van der Waals surface area (Å²) in [6.45, 7) is 1.09. The second-order valence-electron chi connectivity index (χ2n) is 6.29. The second-order valence-corrected chi connectivity index (χ2v) is 7.64. The van der Waals surface area contributed by atoms with Crippen molar-refractivity contribution >= 4 is 58.0 Å². The van der Waals surface area contributed by atoms with Crippen LogP contribution in [0.1, 0.15) is 20.0 Å². The zero-order valence-corrected chi connectivity index (χ0v) is 17.1. The van der Waals surface area contributed by atoms with E-state index < -0.39 is 11.8 Å². The molecule has 0 unspecified atom stereocenters. The number of carbonyl (C=O) groups excluding carboxylic acids is 2. The number of hydrogen-bond donors (Lipinski definition) is 3. The second kappa shape index (κ2) is 8.52. The lowest BCUT2D eigenvalue weighted by Gasteiger charge is -2.15. The molecule has 2 aromatic heterocycles. The van der Waals surface area contributed by atoms with Gasteiger partial charge in [0.2, 0.25) is 0 Å². The smallest absolute Gasteiger partial charge is 0.289 e. The first-order valence-corrected chi connectivity index (χ1v) is 10.2. The number of pyridine rings is 1. The summed E-state index contributed by atoms with van der Waals surface area (Å²) in [5.41, 5.74) is 1.65. The van der Waals surface area contributed by atoms with Crippen LogP contribution in [-0.2, 0) is 4.74 Å². The van der Waals surface area contributed by atoms with Crippen LogP contribution in [0.25, 0.3) is 0 Å². The highest BCUT2D eigenvalue weighted by Gasteiger charge is 2.21. The Bertz CT molecular complexity index is 1100. The van der Waals surface area contributed by atoms with Crippen molar-refractivity contribution in [3.8, 4) is 0 Å². The van der Waals surface area contributed by atoms with Crippen LogP contribution < -0.4 is 15.5 Å². The monoisotopic (exact) mass is 441 g/mol. The average molecular weight is 442 g/mol. The number of rotatable bonds is 5. The standard InChI is InChI=1S/C20H16ClN5O3S/c21-12-1-6-16(23-11-12)25-19(28)17-15(7-10-30-17)18(27)24-13-2-4-14(5-3-13)26-8-9-29-20(26)22/h1-7,10-11,22H,8-9H2,(H,24,27)(H,23,25,28). The number of aromatic nitrogens is 1. The van der Waals surface area contributed by atoms with Gasteiger partial charge < -0.3 is 15.4 Å². The van der Waals surface area contributed by atoms with Gasteiger partial charge in [0.1, 0.15) is 17.3 Å². The van der Waals surface area contributed by atoms with Crippen molar-refractivity contribution in [2.45, 2.75) is 0 Å². The van der Waals surface area contributed by atoms with E-state index in [9.17, 15) is 9.59 Å². The molecule has 30 heavy (non-hydrogen) atoms. The number of benzene rings is 1. The maximum Gasteiger partial charge on any atom is 0.289 e. The number of thiophene rings is 1. The number of carbonyl (C=O) groups is 2. The summed E-state index contributed by atoms with van der Waals surface area (Å²) >= 11 is 6.97. The molecule has 3 heterocycles. The van der Waals surface area contributed by atoms with Crippen molar-refractivity contribution in [3.63, 3.8) is 0 Å². The average Bonchev–Trinajstić information content (AvgIpc) is 3.39. The van der Waals surface area contributed by atoms with E-state index in [1.165, 1.54) is 17.5 Å². The van der Waals surface area contributed by atoms with Crippen LogP contribution in [0.4, 0.5) is 17.2 Å². The molecule has 1 aliphatic rings. The lowest BCUT2D eigenvalue weighted by atomic mass is 10.2. The van der Waals surface area contributed by atoms with Gasteiger partial charge in [-0.2, -0.15) is 0 Å². The molecule has 152 valence electrons. The van der Waals surface area contributed by atoms with E-state index in [-0.39, 0.29) is 16.5 Å². The zero-order valence-electron chi connectivity index (χ0n) is 15.5. The predicted molar refractivity (Wildman–Crippen MR) is 117 cm³/mol. The highest BCUT2D eigenvalue weighted by atomic mass is 35.5. The van der Waals surface area contributed by atoms with Crippen LogP contribution in [0.2, 0.25) is 5.02 Å². The number of amides is 2. The molecule has 1 saturated heterocycles. The summed E-state index contributed by atoms with van der Waals surface area (Å²) in [5, 5.41) is 15.3. The van der Waals surface area contributed by atoms with Gasteiger partial charge in [-0.3, -0.25) is 19.9 Å². The van der Waals surface area contributed by atoms with Crippen LogP contribution in [0.5, 0.6) is 0 Å². The molecule has 0 atom stereocenters. The molecule has 0 spiro atoms. The number of nitrogens with zero attached hydrogens (tertiary/aromatic N) is 2. The molecular weight excluding hydrogens is 426 g/mol. The van der Waals surface area contributed by atoms with Gasteiger partial charge in [0.25, 0.3) is 17.8 Å². The van der Waals surface area contributed by atoms with Crippen molar-refractivity contribution in [3.05, 3.63) is 69.5 Å². The molecule has 3 N–H and O–H groups in total. The Balaban J connectivity index is 1.44. The van der Waals surface area contributed by atoms with E-state index >= 15 is 0 Å². The molecule has 0 saturated carbocycles. The molecule has 2 amide bonds. The summed E-state index contributed by atoms with van der Waals surface area (Å²) < 4.78 is 5.14. The highest BCUT2D eigenvalue weighted by molar-refractivity contribution is 7.12. The van der Waals surface area contributed by atoms with Crippen molar-refractivity contribution in [2.75, 3.05) is 28.7 Å². The molecule has 0 aliphatic carbocycles. The van der Waals surface area contributed by atoms with Crippen LogP contribution in [-0.4, -0.2) is 36.0 Å².